The predicted octanol–water partition coefficient (Wildman–Crippen LogP) is 2.41. The van der Waals surface area contributed by atoms with Gasteiger partial charge in [0.05, 0.1) is 19.2 Å². The van der Waals surface area contributed by atoms with Crippen LogP contribution >= 0.6 is 12.4 Å². The number of hydrogen-bond donors (Lipinski definition) is 2. The molecule has 1 saturated heterocycles. The normalized spacial score (nSPS) is 19.4. The van der Waals surface area contributed by atoms with E-state index in [0.29, 0.717) is 6.54 Å². The number of anilines is 1. The molecule has 0 radical (unpaired) electrons. The van der Waals surface area contributed by atoms with Gasteiger partial charge in [-0.2, -0.15) is 5.10 Å². The number of aryl methyl sites for hydroxylation is 2. The minimum atomic E-state index is -0.110. The monoisotopic (exact) mass is 364 g/mol. The fraction of sp³-hybridized carbons (Fsp3) is 0.444. The molecule has 25 heavy (non-hydrogen) atoms. The molecule has 7 heteroatoms. The van der Waals surface area contributed by atoms with Crippen LogP contribution in [0.3, 0.4) is 0 Å². The van der Waals surface area contributed by atoms with Crippen molar-refractivity contribution in [3.63, 3.8) is 0 Å². The van der Waals surface area contributed by atoms with Gasteiger partial charge in [-0.25, -0.2) is 0 Å². The molecule has 1 aromatic heterocycles. The van der Waals surface area contributed by atoms with Crippen LogP contribution in [0.5, 0.6) is 5.75 Å². The van der Waals surface area contributed by atoms with Crippen LogP contribution in [-0.2, 0) is 11.8 Å². The summed E-state index contributed by atoms with van der Waals surface area (Å²) < 4.78 is 7.22. The van der Waals surface area contributed by atoms with Crippen molar-refractivity contribution in [3.8, 4) is 5.75 Å². The highest BCUT2D eigenvalue weighted by Crippen LogP contribution is 2.32. The van der Waals surface area contributed by atoms with Crippen LogP contribution in [0.25, 0.3) is 0 Å². The Bertz CT molecular complexity index is 760. The zero-order valence-electron chi connectivity index (χ0n) is 15.0. The molecule has 1 aliphatic rings. The van der Waals surface area contributed by atoms with Gasteiger partial charge in [-0.1, -0.05) is 6.07 Å². The van der Waals surface area contributed by atoms with Crippen LogP contribution in [0.4, 0.5) is 5.69 Å². The molecule has 0 bridgehead atoms. The van der Waals surface area contributed by atoms with Crippen LogP contribution in [-0.4, -0.2) is 35.9 Å². The average molecular weight is 365 g/mol. The molecular weight excluding hydrogens is 340 g/mol. The lowest BCUT2D eigenvalue weighted by molar-refractivity contribution is -0.119. The molecule has 0 unspecified atom stereocenters. The number of halogens is 1. The van der Waals surface area contributed by atoms with E-state index in [1.807, 2.05) is 45.4 Å². The Morgan fingerprint density at radius 2 is 2.12 bits per heavy atom. The molecule has 2 atom stereocenters. The number of nitrogens with one attached hydrogen (secondary N) is 2. The maximum absolute atomic E-state index is 12.8. The minimum Gasteiger partial charge on any atom is -0.496 e. The highest BCUT2D eigenvalue weighted by atomic mass is 35.5. The van der Waals surface area contributed by atoms with Crippen molar-refractivity contribution >= 4 is 24.0 Å². The predicted molar refractivity (Wildman–Crippen MR) is 101 cm³/mol. The van der Waals surface area contributed by atoms with Crippen LogP contribution in [0, 0.1) is 19.8 Å². The van der Waals surface area contributed by atoms with Gasteiger partial charge in [0.2, 0.25) is 5.91 Å². The van der Waals surface area contributed by atoms with E-state index in [-0.39, 0.29) is 30.2 Å². The zero-order valence-corrected chi connectivity index (χ0v) is 15.8. The summed E-state index contributed by atoms with van der Waals surface area (Å²) >= 11 is 0. The van der Waals surface area contributed by atoms with E-state index < -0.39 is 0 Å². The van der Waals surface area contributed by atoms with E-state index >= 15 is 0 Å². The smallest absolute Gasteiger partial charge is 0.229 e. The summed E-state index contributed by atoms with van der Waals surface area (Å²) in [7, 11) is 3.54. The molecule has 1 aromatic carbocycles. The molecule has 2 aromatic rings. The van der Waals surface area contributed by atoms with Crippen LogP contribution in [0.1, 0.15) is 22.6 Å². The molecule has 0 saturated carbocycles. The van der Waals surface area contributed by atoms with Gasteiger partial charge >= 0.3 is 0 Å². The van der Waals surface area contributed by atoms with Crippen molar-refractivity contribution < 1.29 is 9.53 Å². The van der Waals surface area contributed by atoms with Crippen LogP contribution in [0.15, 0.2) is 24.5 Å². The summed E-state index contributed by atoms with van der Waals surface area (Å²) in [6, 6.07) is 3.90. The molecule has 6 nitrogen and oxygen atoms in total. The number of ether oxygens (including phenoxy) is 1. The molecule has 1 aliphatic heterocycles. The first kappa shape index (κ1) is 19.3. The van der Waals surface area contributed by atoms with E-state index in [0.717, 1.165) is 34.7 Å². The molecule has 1 amide bonds. The number of carbonyl (C=O) groups is 1. The average Bonchev–Trinajstić information content (AvgIpc) is 3.19. The van der Waals surface area contributed by atoms with Gasteiger partial charge in [-0.05, 0) is 31.0 Å². The molecule has 2 heterocycles. The highest BCUT2D eigenvalue weighted by Gasteiger charge is 2.35. The third-order valence-corrected chi connectivity index (χ3v) is 4.77. The van der Waals surface area contributed by atoms with E-state index in [1.165, 1.54) is 0 Å². The summed E-state index contributed by atoms with van der Waals surface area (Å²) in [6.45, 7) is 5.43. The number of benzene rings is 1. The van der Waals surface area contributed by atoms with E-state index in [2.05, 4.69) is 15.7 Å². The maximum Gasteiger partial charge on any atom is 0.229 e. The molecule has 0 aliphatic carbocycles. The number of hydrogen-bond acceptors (Lipinski definition) is 4. The Morgan fingerprint density at radius 3 is 2.76 bits per heavy atom. The zero-order chi connectivity index (χ0) is 17.3. The van der Waals surface area contributed by atoms with Crippen molar-refractivity contribution in [2.45, 2.75) is 19.8 Å². The third kappa shape index (κ3) is 3.80. The number of amides is 1. The summed E-state index contributed by atoms with van der Waals surface area (Å²) in [5.41, 5.74) is 3.92. The fourth-order valence-electron chi connectivity index (χ4n) is 3.44. The van der Waals surface area contributed by atoms with Gasteiger partial charge in [0.25, 0.3) is 0 Å². The topological polar surface area (TPSA) is 68.2 Å². The van der Waals surface area contributed by atoms with E-state index in [9.17, 15) is 4.79 Å². The van der Waals surface area contributed by atoms with Crippen LogP contribution in [0.2, 0.25) is 0 Å². The van der Waals surface area contributed by atoms with Crippen molar-refractivity contribution in [2.75, 3.05) is 25.5 Å². The van der Waals surface area contributed by atoms with Gasteiger partial charge in [-0.3, -0.25) is 9.48 Å². The Balaban J connectivity index is 0.00000225. The Morgan fingerprint density at radius 1 is 1.36 bits per heavy atom. The lowest BCUT2D eigenvalue weighted by Gasteiger charge is -2.19. The summed E-state index contributed by atoms with van der Waals surface area (Å²) in [5, 5.41) is 10.6. The quantitative estimate of drug-likeness (QED) is 0.874. The molecule has 0 spiro atoms. The third-order valence-electron chi connectivity index (χ3n) is 4.77. The second-order valence-electron chi connectivity index (χ2n) is 6.40. The second-order valence-corrected chi connectivity index (χ2v) is 6.40. The first-order valence-electron chi connectivity index (χ1n) is 8.15. The molecular formula is C18H25ClN4O2. The van der Waals surface area contributed by atoms with E-state index in [4.69, 9.17) is 4.74 Å². The van der Waals surface area contributed by atoms with Gasteiger partial charge in [-0.15, -0.1) is 12.4 Å². The summed E-state index contributed by atoms with van der Waals surface area (Å²) in [6.07, 6.45) is 3.83. The highest BCUT2D eigenvalue weighted by molar-refractivity contribution is 5.94. The maximum atomic E-state index is 12.8. The van der Waals surface area contributed by atoms with Gasteiger partial charge in [0.15, 0.2) is 0 Å². The molecule has 136 valence electrons. The standard InChI is InChI=1S/C18H24N4O2.ClH/c1-11-5-6-16(12(2)17(11)24-4)21-18(23)15-9-19-8-14(15)13-7-20-22(3)10-13;/h5-7,10,14-15,19H,8-9H2,1-4H3,(H,21,23);1H/t14-,15+;/m1./s1. The SMILES string of the molecule is COc1c(C)ccc(NC(=O)[C@H]2CNC[C@@H]2c2cnn(C)c2)c1C.Cl. The molecule has 3 rings (SSSR count). The first-order valence-corrected chi connectivity index (χ1v) is 8.15. The lowest BCUT2D eigenvalue weighted by Crippen LogP contribution is -2.28. The largest absolute Gasteiger partial charge is 0.496 e. The Kier molecular flexibility index (Phi) is 6.08. The Hall–Kier alpha value is -2.05. The fourth-order valence-corrected chi connectivity index (χ4v) is 3.44. The van der Waals surface area contributed by atoms with Crippen molar-refractivity contribution in [1.82, 2.24) is 15.1 Å². The number of rotatable bonds is 4. The minimum absolute atomic E-state index is 0. The Labute approximate surface area is 154 Å². The van der Waals surface area contributed by atoms with Crippen molar-refractivity contribution in [3.05, 3.63) is 41.2 Å². The second kappa shape index (κ2) is 7.89. The lowest BCUT2D eigenvalue weighted by atomic mass is 9.90. The number of carbonyl (C=O) groups excluding carboxylic acids is 1. The first-order chi connectivity index (χ1) is 11.5. The molecule has 2 N–H and O–H groups in total. The van der Waals surface area contributed by atoms with Gasteiger partial charge in [0.1, 0.15) is 5.75 Å². The van der Waals surface area contributed by atoms with Gasteiger partial charge in [0, 0.05) is 43.5 Å². The summed E-state index contributed by atoms with van der Waals surface area (Å²) in [5.74, 6) is 0.885. The molecule has 1 fully saturated rings. The summed E-state index contributed by atoms with van der Waals surface area (Å²) in [4.78, 5) is 12.8. The number of methoxy groups -OCH3 is 1. The van der Waals surface area contributed by atoms with Crippen molar-refractivity contribution in [1.29, 1.82) is 0 Å². The van der Waals surface area contributed by atoms with Crippen molar-refractivity contribution in [2.24, 2.45) is 13.0 Å². The van der Waals surface area contributed by atoms with Gasteiger partial charge < -0.3 is 15.4 Å². The van der Waals surface area contributed by atoms with E-state index in [1.54, 1.807) is 11.8 Å². The number of nitrogens with zero attached hydrogens (tertiary/aromatic N) is 2. The number of aromatic nitrogens is 2. The van der Waals surface area contributed by atoms with Crippen LogP contribution < -0.4 is 15.4 Å².